The highest BCUT2D eigenvalue weighted by molar-refractivity contribution is 7.22. The van der Waals surface area contributed by atoms with Gasteiger partial charge in [-0.25, -0.2) is 9.37 Å². The van der Waals surface area contributed by atoms with Gasteiger partial charge in [-0.3, -0.25) is 9.59 Å². The van der Waals surface area contributed by atoms with Crippen molar-refractivity contribution in [3.63, 3.8) is 0 Å². The summed E-state index contributed by atoms with van der Waals surface area (Å²) in [6.45, 7) is 1.45. The minimum atomic E-state index is -0.618. The quantitative estimate of drug-likeness (QED) is 0.699. The number of nitrogens with one attached hydrogen (secondary N) is 2. The van der Waals surface area contributed by atoms with Crippen LogP contribution >= 0.6 is 11.3 Å². The second kappa shape index (κ2) is 6.74. The lowest BCUT2D eigenvalue weighted by Crippen LogP contribution is -2.46. The predicted molar refractivity (Wildman–Crippen MR) is 104 cm³/mol. The Hall–Kier alpha value is -2.80. The van der Waals surface area contributed by atoms with Crippen molar-refractivity contribution >= 4 is 44.2 Å². The Balaban J connectivity index is 1.58. The molecule has 0 bridgehead atoms. The Morgan fingerprint density at radius 1 is 1.11 bits per heavy atom. The Morgan fingerprint density at radius 2 is 1.85 bits per heavy atom. The highest BCUT2D eigenvalue weighted by Crippen LogP contribution is 2.45. The molecule has 1 saturated carbocycles. The fourth-order valence-electron chi connectivity index (χ4n) is 3.42. The number of aromatic nitrogens is 1. The molecule has 1 aromatic heterocycles. The van der Waals surface area contributed by atoms with E-state index in [0.29, 0.717) is 10.8 Å². The lowest BCUT2D eigenvalue weighted by atomic mass is 9.64. The van der Waals surface area contributed by atoms with Gasteiger partial charge in [0.2, 0.25) is 11.8 Å². The third kappa shape index (κ3) is 3.30. The van der Waals surface area contributed by atoms with E-state index in [1.54, 1.807) is 18.2 Å². The molecule has 1 aliphatic carbocycles. The molecule has 1 aliphatic rings. The third-order valence-corrected chi connectivity index (χ3v) is 5.90. The fourth-order valence-corrected chi connectivity index (χ4v) is 4.32. The SMILES string of the molecule is CC(=O)Nc1ccc2nc(NC(=O)C3(c4ccc(F)cc4)CCC3)sc2c1. The van der Waals surface area contributed by atoms with Gasteiger partial charge in [-0.1, -0.05) is 29.9 Å². The third-order valence-electron chi connectivity index (χ3n) is 4.97. The fraction of sp³-hybridized carbons (Fsp3) is 0.250. The molecule has 2 N–H and O–H groups in total. The molecule has 0 unspecified atom stereocenters. The topological polar surface area (TPSA) is 71.1 Å². The van der Waals surface area contributed by atoms with Crippen molar-refractivity contribution < 1.29 is 14.0 Å². The van der Waals surface area contributed by atoms with Crippen molar-refractivity contribution in [1.82, 2.24) is 4.98 Å². The second-order valence-electron chi connectivity index (χ2n) is 6.78. The van der Waals surface area contributed by atoms with E-state index in [1.807, 2.05) is 12.1 Å². The first kappa shape index (κ1) is 17.6. The Bertz CT molecular complexity index is 1030. The van der Waals surface area contributed by atoms with Crippen molar-refractivity contribution in [2.75, 3.05) is 10.6 Å². The maximum Gasteiger partial charge on any atom is 0.236 e. The first-order valence-electron chi connectivity index (χ1n) is 8.72. The number of rotatable bonds is 4. The van der Waals surface area contributed by atoms with Gasteiger partial charge in [-0.05, 0) is 48.7 Å². The Kier molecular flexibility index (Phi) is 4.39. The molecule has 1 fully saturated rings. The summed E-state index contributed by atoms with van der Waals surface area (Å²) in [6.07, 6.45) is 2.44. The summed E-state index contributed by atoms with van der Waals surface area (Å²) in [5.41, 5.74) is 1.67. The van der Waals surface area contributed by atoms with Crippen LogP contribution in [-0.2, 0) is 15.0 Å². The number of nitrogens with zero attached hydrogens (tertiary/aromatic N) is 1. The van der Waals surface area contributed by atoms with Crippen LogP contribution in [0, 0.1) is 5.82 Å². The van der Waals surface area contributed by atoms with Crippen LogP contribution in [0.3, 0.4) is 0 Å². The van der Waals surface area contributed by atoms with Crippen LogP contribution in [0.1, 0.15) is 31.7 Å². The molecule has 0 saturated heterocycles. The highest BCUT2D eigenvalue weighted by Gasteiger charge is 2.45. The van der Waals surface area contributed by atoms with Crippen molar-refractivity contribution in [1.29, 1.82) is 0 Å². The summed E-state index contributed by atoms with van der Waals surface area (Å²) in [5.74, 6) is -0.560. The first-order chi connectivity index (χ1) is 13.0. The second-order valence-corrected chi connectivity index (χ2v) is 7.81. The molecule has 0 radical (unpaired) electrons. The van der Waals surface area contributed by atoms with Crippen LogP contribution in [-0.4, -0.2) is 16.8 Å². The van der Waals surface area contributed by atoms with Gasteiger partial charge in [-0.2, -0.15) is 0 Å². The molecule has 0 aliphatic heterocycles. The predicted octanol–water partition coefficient (Wildman–Crippen LogP) is 4.45. The number of hydrogen-bond donors (Lipinski definition) is 2. The lowest BCUT2D eigenvalue weighted by Gasteiger charge is -2.40. The maximum atomic E-state index is 13.2. The van der Waals surface area contributed by atoms with E-state index in [2.05, 4.69) is 15.6 Å². The minimum absolute atomic E-state index is 0.110. The van der Waals surface area contributed by atoms with E-state index >= 15 is 0 Å². The maximum absolute atomic E-state index is 13.2. The standard InChI is InChI=1S/C20H18FN3O2S/c1-12(25)22-15-7-8-16-17(11-15)27-19(23-16)24-18(26)20(9-2-10-20)13-3-5-14(21)6-4-13/h3-8,11H,2,9-10H2,1H3,(H,22,25)(H,23,24,26). The molecule has 0 atom stereocenters. The van der Waals surface area contributed by atoms with Gasteiger partial charge >= 0.3 is 0 Å². The number of hydrogen-bond acceptors (Lipinski definition) is 4. The molecular formula is C20H18FN3O2S. The van der Waals surface area contributed by atoms with Gasteiger partial charge in [0.1, 0.15) is 5.82 Å². The lowest BCUT2D eigenvalue weighted by molar-refractivity contribution is -0.124. The molecule has 7 heteroatoms. The van der Waals surface area contributed by atoms with E-state index < -0.39 is 5.41 Å². The number of benzene rings is 2. The molecule has 2 aromatic carbocycles. The number of anilines is 2. The molecule has 5 nitrogen and oxygen atoms in total. The Morgan fingerprint density at radius 3 is 2.48 bits per heavy atom. The summed E-state index contributed by atoms with van der Waals surface area (Å²) < 4.78 is 14.1. The normalized spacial score (nSPS) is 15.2. The monoisotopic (exact) mass is 383 g/mol. The molecule has 3 aromatic rings. The first-order valence-corrected chi connectivity index (χ1v) is 9.54. The number of amides is 2. The zero-order valence-electron chi connectivity index (χ0n) is 14.7. The highest BCUT2D eigenvalue weighted by atomic mass is 32.1. The number of fused-ring (bicyclic) bond motifs is 1. The van der Waals surface area contributed by atoms with Crippen LogP contribution in [0.4, 0.5) is 15.2 Å². The van der Waals surface area contributed by atoms with Crippen LogP contribution in [0.2, 0.25) is 0 Å². The van der Waals surface area contributed by atoms with Gasteiger partial charge < -0.3 is 10.6 Å². The summed E-state index contributed by atoms with van der Waals surface area (Å²) in [4.78, 5) is 28.7. The molecular weight excluding hydrogens is 365 g/mol. The van der Waals surface area contributed by atoms with Crippen LogP contribution in [0.5, 0.6) is 0 Å². The van der Waals surface area contributed by atoms with Crippen LogP contribution in [0.15, 0.2) is 42.5 Å². The van der Waals surface area contributed by atoms with E-state index in [-0.39, 0.29) is 17.6 Å². The summed E-state index contributed by atoms with van der Waals surface area (Å²) >= 11 is 1.36. The van der Waals surface area contributed by atoms with Crippen molar-refractivity contribution in [3.05, 3.63) is 53.8 Å². The number of halogens is 1. The van der Waals surface area contributed by atoms with Gasteiger partial charge in [0, 0.05) is 12.6 Å². The van der Waals surface area contributed by atoms with Crippen LogP contribution in [0.25, 0.3) is 10.2 Å². The zero-order chi connectivity index (χ0) is 19.0. The summed E-state index contributed by atoms with van der Waals surface area (Å²) in [5, 5.41) is 6.19. The summed E-state index contributed by atoms with van der Waals surface area (Å²) in [7, 11) is 0. The van der Waals surface area contributed by atoms with Crippen molar-refractivity contribution in [2.24, 2.45) is 0 Å². The zero-order valence-corrected chi connectivity index (χ0v) is 15.5. The van der Waals surface area contributed by atoms with Gasteiger partial charge in [0.15, 0.2) is 5.13 Å². The number of carbonyl (C=O) groups is 2. The number of thiazole rings is 1. The van der Waals surface area contributed by atoms with E-state index in [4.69, 9.17) is 0 Å². The van der Waals surface area contributed by atoms with Crippen molar-refractivity contribution in [2.45, 2.75) is 31.6 Å². The molecule has 2 amide bonds. The van der Waals surface area contributed by atoms with Gasteiger partial charge in [0.05, 0.1) is 15.6 Å². The molecule has 1 heterocycles. The molecule has 0 spiro atoms. The van der Waals surface area contributed by atoms with E-state index in [9.17, 15) is 14.0 Å². The molecule has 4 rings (SSSR count). The summed E-state index contributed by atoms with van der Waals surface area (Å²) in [6, 6.07) is 11.6. The van der Waals surface area contributed by atoms with Crippen LogP contribution < -0.4 is 10.6 Å². The Labute approximate surface area is 159 Å². The van der Waals surface area contributed by atoms with Crippen molar-refractivity contribution in [3.8, 4) is 0 Å². The molecule has 27 heavy (non-hydrogen) atoms. The van der Waals surface area contributed by atoms with Gasteiger partial charge in [0.25, 0.3) is 0 Å². The number of carbonyl (C=O) groups excluding carboxylic acids is 2. The smallest absolute Gasteiger partial charge is 0.236 e. The average molecular weight is 383 g/mol. The largest absolute Gasteiger partial charge is 0.326 e. The average Bonchev–Trinajstić information content (AvgIpc) is 2.96. The van der Waals surface area contributed by atoms with Gasteiger partial charge in [-0.15, -0.1) is 0 Å². The van der Waals surface area contributed by atoms with E-state index in [0.717, 1.165) is 35.0 Å². The minimum Gasteiger partial charge on any atom is -0.326 e. The van der Waals surface area contributed by atoms with E-state index in [1.165, 1.54) is 30.4 Å². The molecule has 138 valence electrons.